The maximum Gasteiger partial charge on any atom is 0.427 e. The predicted molar refractivity (Wildman–Crippen MR) is 182 cm³/mol. The number of ether oxygens (including phenoxy) is 4. The number of aromatic nitrogens is 2. The van der Waals surface area contributed by atoms with Gasteiger partial charge in [-0.3, -0.25) is 10.1 Å². The minimum Gasteiger partial charge on any atom is -0.489 e. The molecule has 2 N–H and O–H groups in total. The van der Waals surface area contributed by atoms with Gasteiger partial charge < -0.3 is 18.9 Å². The number of sulfonamides is 1. The van der Waals surface area contributed by atoms with E-state index in [4.69, 9.17) is 42.1 Å². The molecule has 0 unspecified atom stereocenters. The van der Waals surface area contributed by atoms with Crippen molar-refractivity contribution in [3.05, 3.63) is 75.4 Å². The van der Waals surface area contributed by atoms with Gasteiger partial charge in [-0.15, -0.1) is 0 Å². The number of nitrogens with one attached hydrogen (secondary N) is 2. The number of benzene rings is 2. The smallest absolute Gasteiger partial charge is 0.427 e. The van der Waals surface area contributed by atoms with Gasteiger partial charge in [0.25, 0.3) is 10.0 Å². The topological polar surface area (TPSA) is 192 Å². The lowest BCUT2D eigenvalue weighted by molar-refractivity contribution is -0.114. The van der Waals surface area contributed by atoms with Gasteiger partial charge in [-0.1, -0.05) is 35.3 Å². The van der Waals surface area contributed by atoms with Crippen molar-refractivity contribution in [1.29, 1.82) is 0 Å². The summed E-state index contributed by atoms with van der Waals surface area (Å²) in [6.07, 6.45) is 3.00. The Bertz CT molecular complexity index is 1990. The van der Waals surface area contributed by atoms with Crippen LogP contribution in [0, 0.1) is 5.82 Å². The lowest BCUT2D eigenvalue weighted by Gasteiger charge is -2.18. The maximum absolute atomic E-state index is 14.3. The highest BCUT2D eigenvalue weighted by Crippen LogP contribution is 2.37. The Morgan fingerprint density at radius 2 is 1.76 bits per heavy atom. The van der Waals surface area contributed by atoms with Gasteiger partial charge in [0.05, 0.1) is 36.1 Å². The Labute approximate surface area is 302 Å². The average Bonchev–Trinajstić information content (AvgIpc) is 3.69. The Hall–Kier alpha value is -5.00. The number of allylic oxidation sites excluding steroid dienone is 1. The van der Waals surface area contributed by atoms with Gasteiger partial charge in [-0.2, -0.15) is 4.98 Å². The van der Waals surface area contributed by atoms with Crippen LogP contribution in [0.15, 0.2) is 58.7 Å². The van der Waals surface area contributed by atoms with E-state index in [2.05, 4.69) is 15.3 Å². The number of methoxy groups -OCH3 is 1. The van der Waals surface area contributed by atoms with E-state index in [-0.39, 0.29) is 57.5 Å². The van der Waals surface area contributed by atoms with Crippen molar-refractivity contribution in [1.82, 2.24) is 14.7 Å². The van der Waals surface area contributed by atoms with Crippen molar-refractivity contribution in [2.75, 3.05) is 23.9 Å². The molecule has 19 heteroatoms. The summed E-state index contributed by atoms with van der Waals surface area (Å²) in [5, 5.41) is 2.21. The molecular formula is C32H32Cl2FN5O10S. The molecule has 3 aromatic rings. The fourth-order valence-electron chi connectivity index (χ4n) is 4.79. The summed E-state index contributed by atoms with van der Waals surface area (Å²) in [6.45, 7) is 4.92. The van der Waals surface area contributed by atoms with E-state index in [0.29, 0.717) is 10.5 Å². The minimum absolute atomic E-state index is 0.00962. The maximum atomic E-state index is 14.3. The first kappa shape index (κ1) is 38.8. The van der Waals surface area contributed by atoms with Crippen LogP contribution in [0.1, 0.15) is 56.8 Å². The molecule has 4 amide bonds. The monoisotopic (exact) mass is 767 g/mol. The van der Waals surface area contributed by atoms with Gasteiger partial charge in [-0.25, -0.2) is 41.8 Å². The third-order valence-electron chi connectivity index (χ3n) is 7.07. The molecule has 0 atom stereocenters. The average molecular weight is 769 g/mol. The standard InChI is InChI=1S/C17H17ClFNO4.C15H15ClN4O6S/c1-9(2)15-16(21)20(17(22)24-15)13-8-14(11(18)7-12(13)19)23-10-5-3-4-6-10;1-3-26-13(21)9-6-4-5-7-10(9)27(23,24)20-15(22)19-14-17-11(16)8-12(18-14)25-2/h7-8,10H,3-6H2,1-2H3;4-8H,3H2,1-2H3,(H2,17,18,19,20,22). The quantitative estimate of drug-likeness (QED) is 0.138. The summed E-state index contributed by atoms with van der Waals surface area (Å²) in [7, 11) is -3.05. The second-order valence-corrected chi connectivity index (χ2v) is 13.4. The summed E-state index contributed by atoms with van der Waals surface area (Å²) in [6, 6.07) is 7.79. The Balaban J connectivity index is 0.000000230. The number of halogens is 3. The van der Waals surface area contributed by atoms with Crippen LogP contribution in [0.2, 0.25) is 10.2 Å². The second kappa shape index (κ2) is 16.8. The van der Waals surface area contributed by atoms with Crippen LogP contribution in [0.25, 0.3) is 0 Å². The molecule has 2 fully saturated rings. The number of rotatable bonds is 9. The zero-order chi connectivity index (χ0) is 37.5. The molecule has 2 aromatic carbocycles. The lowest BCUT2D eigenvalue weighted by atomic mass is 10.2. The van der Waals surface area contributed by atoms with Crippen molar-refractivity contribution < 1.29 is 50.9 Å². The Morgan fingerprint density at radius 1 is 1.08 bits per heavy atom. The van der Waals surface area contributed by atoms with Crippen LogP contribution in [-0.4, -0.2) is 62.2 Å². The summed E-state index contributed by atoms with van der Waals surface area (Å²) < 4.78 is 61.5. The fraction of sp³-hybridized carbons (Fsp3) is 0.312. The molecule has 0 bridgehead atoms. The molecule has 0 radical (unpaired) electrons. The number of nitrogens with zero attached hydrogens (tertiary/aromatic N) is 3. The molecule has 51 heavy (non-hydrogen) atoms. The number of cyclic esters (lactones) is 1. The van der Waals surface area contributed by atoms with E-state index in [1.165, 1.54) is 43.5 Å². The number of carbonyl (C=O) groups is 4. The van der Waals surface area contributed by atoms with E-state index in [0.717, 1.165) is 31.7 Å². The number of esters is 1. The van der Waals surface area contributed by atoms with Crippen molar-refractivity contribution in [3.63, 3.8) is 0 Å². The van der Waals surface area contributed by atoms with E-state index in [1.54, 1.807) is 25.5 Å². The Morgan fingerprint density at radius 3 is 2.39 bits per heavy atom. The number of hydrogen-bond donors (Lipinski definition) is 2. The molecule has 1 saturated carbocycles. The molecule has 1 aliphatic heterocycles. The number of urea groups is 1. The highest BCUT2D eigenvalue weighted by molar-refractivity contribution is 7.90. The zero-order valence-corrected chi connectivity index (χ0v) is 29.9. The summed E-state index contributed by atoms with van der Waals surface area (Å²) >= 11 is 11.8. The second-order valence-electron chi connectivity index (χ2n) is 10.9. The zero-order valence-electron chi connectivity index (χ0n) is 27.6. The number of hydrogen-bond acceptors (Lipinski definition) is 12. The predicted octanol–water partition coefficient (Wildman–Crippen LogP) is 6.40. The Kier molecular flexibility index (Phi) is 12.8. The summed E-state index contributed by atoms with van der Waals surface area (Å²) in [4.78, 5) is 56.1. The van der Waals surface area contributed by atoms with Gasteiger partial charge in [0, 0.05) is 12.1 Å². The number of anilines is 2. The first-order valence-corrected chi connectivity index (χ1v) is 17.5. The molecule has 15 nitrogen and oxygen atoms in total. The summed E-state index contributed by atoms with van der Waals surface area (Å²) in [5.74, 6) is -2.36. The normalized spacial score (nSPS) is 14.3. The third-order valence-corrected chi connectivity index (χ3v) is 8.94. The highest BCUT2D eigenvalue weighted by Gasteiger charge is 2.40. The molecule has 5 rings (SSSR count). The van der Waals surface area contributed by atoms with Gasteiger partial charge in [0.2, 0.25) is 11.8 Å². The number of amides is 4. The third kappa shape index (κ3) is 9.62. The van der Waals surface area contributed by atoms with Crippen molar-refractivity contribution in [2.45, 2.75) is 57.5 Å². The molecule has 2 heterocycles. The van der Waals surface area contributed by atoms with E-state index >= 15 is 0 Å². The first-order valence-electron chi connectivity index (χ1n) is 15.2. The largest absolute Gasteiger partial charge is 0.489 e. The molecule has 1 saturated heterocycles. The highest BCUT2D eigenvalue weighted by atomic mass is 35.5. The van der Waals surface area contributed by atoms with Gasteiger partial charge in [0.1, 0.15) is 21.6 Å². The van der Waals surface area contributed by atoms with Crippen LogP contribution < -0.4 is 24.4 Å². The van der Waals surface area contributed by atoms with Gasteiger partial charge in [-0.05, 0) is 70.2 Å². The van der Waals surface area contributed by atoms with Gasteiger partial charge in [0.15, 0.2) is 5.76 Å². The van der Waals surface area contributed by atoms with E-state index in [9.17, 15) is 32.0 Å². The number of carbonyl (C=O) groups excluding carboxylic acids is 4. The van der Waals surface area contributed by atoms with Crippen molar-refractivity contribution in [2.24, 2.45) is 0 Å². The van der Waals surface area contributed by atoms with Crippen molar-refractivity contribution >= 4 is 68.9 Å². The van der Waals surface area contributed by atoms with Crippen LogP contribution in [0.3, 0.4) is 0 Å². The minimum atomic E-state index is -4.38. The van der Waals surface area contributed by atoms with E-state index < -0.39 is 44.7 Å². The lowest BCUT2D eigenvalue weighted by Crippen LogP contribution is -2.35. The molecule has 1 aliphatic carbocycles. The molecule has 2 aliphatic rings. The molecule has 0 spiro atoms. The van der Waals surface area contributed by atoms with E-state index in [1.807, 2.05) is 0 Å². The fourth-order valence-corrected chi connectivity index (χ4v) is 6.26. The molecule has 272 valence electrons. The first-order chi connectivity index (χ1) is 24.1. The van der Waals surface area contributed by atoms with Crippen LogP contribution in [0.4, 0.5) is 25.6 Å². The van der Waals surface area contributed by atoms with Crippen LogP contribution >= 0.6 is 23.2 Å². The van der Waals surface area contributed by atoms with Gasteiger partial charge >= 0.3 is 24.0 Å². The van der Waals surface area contributed by atoms with Crippen LogP contribution in [-0.2, 0) is 24.3 Å². The molecular weight excluding hydrogens is 736 g/mol. The van der Waals surface area contributed by atoms with Crippen molar-refractivity contribution in [3.8, 4) is 11.6 Å². The SMILES string of the molecule is CC(C)=C1OC(=O)N(c2cc(OC3CCCC3)c(Cl)cc2F)C1=O.CCOC(=O)c1ccccc1S(=O)(=O)NC(=O)Nc1nc(Cl)cc(OC)n1. The number of imide groups is 1. The summed E-state index contributed by atoms with van der Waals surface area (Å²) in [5.41, 5.74) is 0.103. The van der Waals surface area contributed by atoms with Crippen LogP contribution in [0.5, 0.6) is 11.6 Å². The molecule has 1 aromatic heterocycles.